The standard InChI is InChI=1S/C29H26N4O2S/c1-32-12-14-33(15-13-32)22-9-7-21(8-10-22)30-18-25-24-16-20(6-11-23(24)28(34)31-29(25)35)27-17-19-4-2-3-5-26(19)36-27/h2-11,16-18H,12-15H2,1H3,(H2,31,34,35). The van der Waals surface area contributed by atoms with Crippen LogP contribution in [0.15, 0.2) is 82.6 Å². The van der Waals surface area contributed by atoms with Gasteiger partial charge < -0.3 is 14.9 Å². The largest absolute Gasteiger partial charge is 0.494 e. The Hall–Kier alpha value is -3.94. The molecule has 2 N–H and O–H groups in total. The molecule has 2 aromatic heterocycles. The van der Waals surface area contributed by atoms with Gasteiger partial charge in [-0.2, -0.15) is 0 Å². The fourth-order valence-corrected chi connectivity index (χ4v) is 5.76. The number of aromatic nitrogens is 1. The molecule has 1 fully saturated rings. The van der Waals surface area contributed by atoms with Crippen LogP contribution < -0.4 is 10.5 Å². The Morgan fingerprint density at radius 1 is 0.944 bits per heavy atom. The summed E-state index contributed by atoms with van der Waals surface area (Å²) in [5.74, 6) is -0.182. The number of likely N-dealkylation sites (N-methyl/N-ethyl adjacent to an activating group) is 1. The number of benzene rings is 3. The Labute approximate surface area is 212 Å². The van der Waals surface area contributed by atoms with Crippen LogP contribution in [0.1, 0.15) is 5.56 Å². The molecule has 7 heteroatoms. The summed E-state index contributed by atoms with van der Waals surface area (Å²) in [6.45, 7) is 4.14. The van der Waals surface area contributed by atoms with Crippen LogP contribution in [-0.4, -0.2) is 54.4 Å². The first-order valence-corrected chi connectivity index (χ1v) is 12.8. The van der Waals surface area contributed by atoms with E-state index in [-0.39, 0.29) is 11.4 Å². The lowest BCUT2D eigenvalue weighted by Crippen LogP contribution is -2.44. The Morgan fingerprint density at radius 3 is 2.50 bits per heavy atom. The summed E-state index contributed by atoms with van der Waals surface area (Å²) in [7, 11) is 2.15. The molecule has 3 aromatic carbocycles. The molecule has 1 aliphatic heterocycles. The van der Waals surface area contributed by atoms with Gasteiger partial charge in [-0.3, -0.25) is 14.8 Å². The molecule has 1 aliphatic rings. The molecule has 0 spiro atoms. The molecule has 6 rings (SSSR count). The highest BCUT2D eigenvalue weighted by atomic mass is 32.1. The van der Waals surface area contributed by atoms with Crippen molar-refractivity contribution in [2.45, 2.75) is 0 Å². The lowest BCUT2D eigenvalue weighted by atomic mass is 10.0. The molecule has 0 bridgehead atoms. The van der Waals surface area contributed by atoms with Gasteiger partial charge in [0.15, 0.2) is 0 Å². The van der Waals surface area contributed by atoms with Crippen molar-refractivity contribution < 1.29 is 5.11 Å². The van der Waals surface area contributed by atoms with Crippen molar-refractivity contribution in [1.82, 2.24) is 9.88 Å². The molecule has 6 nitrogen and oxygen atoms in total. The van der Waals surface area contributed by atoms with E-state index in [1.165, 1.54) is 15.8 Å². The van der Waals surface area contributed by atoms with Crippen LogP contribution in [0.4, 0.5) is 11.4 Å². The van der Waals surface area contributed by atoms with Crippen molar-refractivity contribution >= 4 is 49.8 Å². The maximum Gasteiger partial charge on any atom is 0.258 e. The van der Waals surface area contributed by atoms with E-state index in [2.05, 4.69) is 57.2 Å². The Morgan fingerprint density at radius 2 is 1.72 bits per heavy atom. The van der Waals surface area contributed by atoms with Gasteiger partial charge in [0.05, 0.1) is 11.3 Å². The van der Waals surface area contributed by atoms with Gasteiger partial charge in [0, 0.05) is 58.4 Å². The van der Waals surface area contributed by atoms with Crippen molar-refractivity contribution in [3.05, 3.63) is 88.7 Å². The third-order valence-corrected chi connectivity index (χ3v) is 7.98. The second-order valence-corrected chi connectivity index (χ2v) is 10.3. The fraction of sp³-hybridized carbons (Fsp3) is 0.172. The first-order chi connectivity index (χ1) is 17.5. The van der Waals surface area contributed by atoms with Gasteiger partial charge in [-0.1, -0.05) is 24.3 Å². The number of hydrogen-bond acceptors (Lipinski definition) is 6. The van der Waals surface area contributed by atoms with Crippen LogP contribution >= 0.6 is 11.3 Å². The highest BCUT2D eigenvalue weighted by molar-refractivity contribution is 7.22. The first-order valence-electron chi connectivity index (χ1n) is 12.0. The maximum absolute atomic E-state index is 12.6. The van der Waals surface area contributed by atoms with Gasteiger partial charge in [0.1, 0.15) is 0 Å². The number of fused-ring (bicyclic) bond motifs is 2. The monoisotopic (exact) mass is 494 g/mol. The molecule has 0 unspecified atom stereocenters. The van der Waals surface area contributed by atoms with Gasteiger partial charge in [0.2, 0.25) is 5.88 Å². The topological polar surface area (TPSA) is 71.9 Å². The van der Waals surface area contributed by atoms with Crippen LogP contribution in [0, 0.1) is 0 Å². The number of hydrogen-bond donors (Lipinski definition) is 2. The number of anilines is 1. The van der Waals surface area contributed by atoms with Gasteiger partial charge in [-0.25, -0.2) is 0 Å². The Balaban J connectivity index is 1.34. The molecule has 0 atom stereocenters. The van der Waals surface area contributed by atoms with Crippen molar-refractivity contribution in [2.75, 3.05) is 38.1 Å². The third kappa shape index (κ3) is 4.27. The lowest BCUT2D eigenvalue weighted by Gasteiger charge is -2.34. The first kappa shape index (κ1) is 22.5. The second-order valence-electron chi connectivity index (χ2n) is 9.19. The van der Waals surface area contributed by atoms with Crippen LogP contribution in [0.5, 0.6) is 5.88 Å². The fourth-order valence-electron chi connectivity index (χ4n) is 4.70. The zero-order chi connectivity index (χ0) is 24.6. The van der Waals surface area contributed by atoms with E-state index in [1.54, 1.807) is 17.6 Å². The molecule has 0 saturated carbocycles. The van der Waals surface area contributed by atoms with Crippen LogP contribution in [-0.2, 0) is 0 Å². The molecular formula is C29H26N4O2S. The normalized spacial score (nSPS) is 14.9. The van der Waals surface area contributed by atoms with Gasteiger partial charge in [0.25, 0.3) is 5.56 Å². The zero-order valence-electron chi connectivity index (χ0n) is 19.9. The van der Waals surface area contributed by atoms with Crippen molar-refractivity contribution in [2.24, 2.45) is 4.99 Å². The Kier molecular flexibility index (Phi) is 5.79. The number of piperazine rings is 1. The lowest BCUT2D eigenvalue weighted by molar-refractivity contribution is 0.313. The van der Waals surface area contributed by atoms with E-state index in [1.807, 2.05) is 42.5 Å². The summed E-state index contributed by atoms with van der Waals surface area (Å²) in [6, 6.07) is 24.3. The average Bonchev–Trinajstić information content (AvgIpc) is 3.34. The molecule has 0 radical (unpaired) electrons. The van der Waals surface area contributed by atoms with Gasteiger partial charge >= 0.3 is 0 Å². The molecule has 5 aromatic rings. The number of aliphatic imine (C=N–C) groups is 1. The quantitative estimate of drug-likeness (QED) is 0.318. The average molecular weight is 495 g/mol. The van der Waals surface area contributed by atoms with Crippen LogP contribution in [0.3, 0.4) is 0 Å². The number of H-pyrrole nitrogens is 1. The smallest absolute Gasteiger partial charge is 0.258 e. The Bertz CT molecular complexity index is 1610. The summed E-state index contributed by atoms with van der Waals surface area (Å²) < 4.78 is 1.21. The van der Waals surface area contributed by atoms with E-state index >= 15 is 0 Å². The number of nitrogens with one attached hydrogen (secondary N) is 1. The number of thiophene rings is 1. The minimum atomic E-state index is -0.320. The van der Waals surface area contributed by atoms with Crippen molar-refractivity contribution in [3.63, 3.8) is 0 Å². The summed E-state index contributed by atoms with van der Waals surface area (Å²) in [4.78, 5) is 25.6. The maximum atomic E-state index is 12.6. The van der Waals surface area contributed by atoms with E-state index in [0.717, 1.165) is 42.3 Å². The van der Waals surface area contributed by atoms with E-state index in [0.29, 0.717) is 16.3 Å². The summed E-state index contributed by atoms with van der Waals surface area (Å²) in [6.07, 6.45) is 1.63. The molecule has 1 saturated heterocycles. The van der Waals surface area contributed by atoms with Crippen LogP contribution in [0.2, 0.25) is 0 Å². The molecular weight excluding hydrogens is 468 g/mol. The van der Waals surface area contributed by atoms with E-state index < -0.39 is 0 Å². The minimum Gasteiger partial charge on any atom is -0.494 e. The summed E-state index contributed by atoms with van der Waals surface area (Å²) >= 11 is 1.71. The number of aromatic amines is 1. The van der Waals surface area contributed by atoms with E-state index in [9.17, 15) is 9.90 Å². The molecule has 3 heterocycles. The summed E-state index contributed by atoms with van der Waals surface area (Å²) in [5, 5.41) is 13.0. The van der Waals surface area contributed by atoms with Crippen molar-refractivity contribution in [3.8, 4) is 16.3 Å². The zero-order valence-corrected chi connectivity index (χ0v) is 20.8. The number of pyridine rings is 1. The predicted molar refractivity (Wildman–Crippen MR) is 150 cm³/mol. The molecule has 36 heavy (non-hydrogen) atoms. The minimum absolute atomic E-state index is 0.182. The van der Waals surface area contributed by atoms with Gasteiger partial charge in [-0.05, 0) is 66.5 Å². The summed E-state index contributed by atoms with van der Waals surface area (Å²) in [5.41, 5.74) is 3.15. The molecule has 0 aliphatic carbocycles. The SMILES string of the molecule is CN1CCN(c2ccc(N=Cc3c(O)[nH]c(=O)c4ccc(-c5cc6ccccc6s5)cc34)cc2)CC1. The predicted octanol–water partition coefficient (Wildman–Crippen LogP) is 5.62. The second kappa shape index (κ2) is 9.26. The highest BCUT2D eigenvalue weighted by Crippen LogP contribution is 2.35. The van der Waals surface area contributed by atoms with E-state index in [4.69, 9.17) is 0 Å². The highest BCUT2D eigenvalue weighted by Gasteiger charge is 2.15. The molecule has 0 amide bonds. The van der Waals surface area contributed by atoms with Gasteiger partial charge in [-0.15, -0.1) is 11.3 Å². The number of aromatic hydroxyl groups is 1. The third-order valence-electron chi connectivity index (χ3n) is 6.81. The number of rotatable bonds is 4. The van der Waals surface area contributed by atoms with Crippen LogP contribution in [0.25, 0.3) is 31.3 Å². The van der Waals surface area contributed by atoms with Crippen molar-refractivity contribution in [1.29, 1.82) is 0 Å². The number of nitrogens with zero attached hydrogens (tertiary/aromatic N) is 3. The molecule has 180 valence electrons.